The zero-order chi connectivity index (χ0) is 12.2. The molecule has 1 aliphatic carbocycles. The fraction of sp³-hybridized carbons (Fsp3) is 0.312. The van der Waals surface area contributed by atoms with E-state index in [1.165, 1.54) is 29.5 Å². The normalized spacial score (nSPS) is 18.3. The first-order valence-corrected chi connectivity index (χ1v) is 6.61. The van der Waals surface area contributed by atoms with Crippen molar-refractivity contribution in [2.45, 2.75) is 31.8 Å². The number of benzene rings is 1. The van der Waals surface area contributed by atoms with E-state index in [0.29, 0.717) is 6.04 Å². The van der Waals surface area contributed by atoms with Gasteiger partial charge >= 0.3 is 0 Å². The summed E-state index contributed by atoms with van der Waals surface area (Å²) in [4.78, 5) is 4.04. The van der Waals surface area contributed by atoms with Gasteiger partial charge in [0.05, 0.1) is 0 Å². The lowest BCUT2D eigenvalue weighted by molar-refractivity contribution is 0.457. The van der Waals surface area contributed by atoms with Crippen LogP contribution in [0.25, 0.3) is 0 Å². The van der Waals surface area contributed by atoms with Crippen LogP contribution in [0.5, 0.6) is 0 Å². The van der Waals surface area contributed by atoms with Crippen LogP contribution in [0.1, 0.15) is 23.1 Å². The molecule has 0 bridgehead atoms. The number of aromatic nitrogens is 1. The number of rotatable bonds is 3. The van der Waals surface area contributed by atoms with Gasteiger partial charge in [0.25, 0.3) is 0 Å². The lowest BCUT2D eigenvalue weighted by atomic mass is 9.88. The van der Waals surface area contributed by atoms with E-state index in [4.69, 9.17) is 0 Å². The molecule has 0 radical (unpaired) electrons. The second-order valence-electron chi connectivity index (χ2n) is 4.94. The molecule has 1 aliphatic rings. The summed E-state index contributed by atoms with van der Waals surface area (Å²) in [7, 11) is 0. The second kappa shape index (κ2) is 5.32. The van der Waals surface area contributed by atoms with Gasteiger partial charge in [-0.25, -0.2) is 0 Å². The van der Waals surface area contributed by atoms with Gasteiger partial charge in [0.1, 0.15) is 0 Å². The molecule has 1 aromatic carbocycles. The van der Waals surface area contributed by atoms with Crippen molar-refractivity contribution in [3.05, 3.63) is 65.5 Å². The number of hydrogen-bond acceptors (Lipinski definition) is 2. The van der Waals surface area contributed by atoms with Crippen LogP contribution in [-0.4, -0.2) is 11.0 Å². The minimum Gasteiger partial charge on any atom is -0.310 e. The number of pyridine rings is 1. The fourth-order valence-electron chi connectivity index (χ4n) is 2.63. The Bertz CT molecular complexity index is 508. The predicted molar refractivity (Wildman–Crippen MR) is 73.3 cm³/mol. The van der Waals surface area contributed by atoms with E-state index in [1.54, 1.807) is 0 Å². The molecule has 0 spiro atoms. The zero-order valence-electron chi connectivity index (χ0n) is 10.5. The molecule has 92 valence electrons. The van der Waals surface area contributed by atoms with Crippen LogP contribution < -0.4 is 5.32 Å². The first-order valence-electron chi connectivity index (χ1n) is 6.61. The molecule has 3 rings (SSSR count). The van der Waals surface area contributed by atoms with Gasteiger partial charge in [-0.1, -0.05) is 24.3 Å². The fourth-order valence-corrected chi connectivity index (χ4v) is 2.63. The van der Waals surface area contributed by atoms with E-state index in [0.717, 1.165) is 13.0 Å². The topological polar surface area (TPSA) is 24.9 Å². The van der Waals surface area contributed by atoms with E-state index in [1.807, 2.05) is 12.4 Å². The zero-order valence-corrected chi connectivity index (χ0v) is 10.5. The number of fused-ring (bicyclic) bond motifs is 1. The number of aryl methyl sites for hydroxylation is 1. The van der Waals surface area contributed by atoms with Crippen LogP contribution in [0.15, 0.2) is 48.8 Å². The molecule has 0 amide bonds. The van der Waals surface area contributed by atoms with Crippen molar-refractivity contribution in [1.82, 2.24) is 10.3 Å². The smallest absolute Gasteiger partial charge is 0.0271 e. The second-order valence-corrected chi connectivity index (χ2v) is 4.94. The van der Waals surface area contributed by atoms with Gasteiger partial charge in [-0.05, 0) is 48.1 Å². The molecule has 2 heteroatoms. The van der Waals surface area contributed by atoms with Gasteiger partial charge in [0, 0.05) is 25.0 Å². The number of nitrogens with one attached hydrogen (secondary N) is 1. The standard InChI is InChI=1S/C16H18N2/c1-2-4-15-11-16(6-5-14(15)3-1)18-12-13-7-9-17-10-8-13/h1-4,7-10,16,18H,5-6,11-12H2/t16-/m1/s1. The highest BCUT2D eigenvalue weighted by atomic mass is 14.9. The summed E-state index contributed by atoms with van der Waals surface area (Å²) >= 11 is 0. The molecule has 0 saturated heterocycles. The third-order valence-corrected chi connectivity index (χ3v) is 3.69. The third-order valence-electron chi connectivity index (χ3n) is 3.69. The summed E-state index contributed by atoms with van der Waals surface area (Å²) < 4.78 is 0. The molecular weight excluding hydrogens is 220 g/mol. The van der Waals surface area contributed by atoms with Crippen molar-refractivity contribution in [3.63, 3.8) is 0 Å². The Morgan fingerprint density at radius 1 is 1.06 bits per heavy atom. The Balaban J connectivity index is 1.60. The maximum absolute atomic E-state index is 4.04. The van der Waals surface area contributed by atoms with Gasteiger partial charge in [-0.15, -0.1) is 0 Å². The molecule has 18 heavy (non-hydrogen) atoms. The van der Waals surface area contributed by atoms with Gasteiger partial charge < -0.3 is 5.32 Å². The largest absolute Gasteiger partial charge is 0.310 e. The molecule has 2 aromatic rings. The van der Waals surface area contributed by atoms with Crippen LogP contribution in [0.2, 0.25) is 0 Å². The first kappa shape index (κ1) is 11.4. The maximum Gasteiger partial charge on any atom is 0.0271 e. The molecule has 1 heterocycles. The Morgan fingerprint density at radius 3 is 2.67 bits per heavy atom. The monoisotopic (exact) mass is 238 g/mol. The molecule has 0 saturated carbocycles. The van der Waals surface area contributed by atoms with Crippen LogP contribution >= 0.6 is 0 Å². The van der Waals surface area contributed by atoms with E-state index >= 15 is 0 Å². The van der Waals surface area contributed by atoms with Gasteiger partial charge in [0.15, 0.2) is 0 Å². The Kier molecular flexibility index (Phi) is 3.37. The number of hydrogen-bond donors (Lipinski definition) is 1. The van der Waals surface area contributed by atoms with Crippen molar-refractivity contribution in [2.24, 2.45) is 0 Å². The highest BCUT2D eigenvalue weighted by molar-refractivity contribution is 5.30. The third kappa shape index (κ3) is 2.59. The van der Waals surface area contributed by atoms with Crippen molar-refractivity contribution in [1.29, 1.82) is 0 Å². The lowest BCUT2D eigenvalue weighted by Gasteiger charge is -2.25. The van der Waals surface area contributed by atoms with Crippen LogP contribution in [0.4, 0.5) is 0 Å². The highest BCUT2D eigenvalue weighted by Crippen LogP contribution is 2.21. The molecule has 2 nitrogen and oxygen atoms in total. The summed E-state index contributed by atoms with van der Waals surface area (Å²) in [6, 6.07) is 13.6. The first-order chi connectivity index (χ1) is 8.92. The molecule has 1 aromatic heterocycles. The van der Waals surface area contributed by atoms with Gasteiger partial charge in [0.2, 0.25) is 0 Å². The number of nitrogens with zero attached hydrogens (tertiary/aromatic N) is 1. The van der Waals surface area contributed by atoms with E-state index in [2.05, 4.69) is 46.7 Å². The van der Waals surface area contributed by atoms with Crippen LogP contribution in [0.3, 0.4) is 0 Å². The minimum atomic E-state index is 0.605. The lowest BCUT2D eigenvalue weighted by Crippen LogP contribution is -2.34. The summed E-state index contributed by atoms with van der Waals surface area (Å²) in [5.74, 6) is 0. The predicted octanol–water partition coefficient (Wildman–Crippen LogP) is 2.73. The molecule has 1 atom stereocenters. The van der Waals surface area contributed by atoms with Gasteiger partial charge in [-0.2, -0.15) is 0 Å². The summed E-state index contributed by atoms with van der Waals surface area (Å²) in [6.45, 7) is 0.940. The summed E-state index contributed by atoms with van der Waals surface area (Å²) in [6.07, 6.45) is 7.30. The summed E-state index contributed by atoms with van der Waals surface area (Å²) in [5, 5.41) is 3.65. The Hall–Kier alpha value is -1.67. The summed E-state index contributed by atoms with van der Waals surface area (Å²) in [5.41, 5.74) is 4.35. The quantitative estimate of drug-likeness (QED) is 0.889. The van der Waals surface area contributed by atoms with E-state index in [-0.39, 0.29) is 0 Å². The highest BCUT2D eigenvalue weighted by Gasteiger charge is 2.17. The van der Waals surface area contributed by atoms with Crippen molar-refractivity contribution < 1.29 is 0 Å². The van der Waals surface area contributed by atoms with E-state index < -0.39 is 0 Å². The minimum absolute atomic E-state index is 0.605. The maximum atomic E-state index is 4.04. The SMILES string of the molecule is c1ccc2c(c1)CC[C@@H](NCc1ccncc1)C2. The van der Waals surface area contributed by atoms with E-state index in [9.17, 15) is 0 Å². The van der Waals surface area contributed by atoms with Crippen molar-refractivity contribution >= 4 is 0 Å². The Labute approximate surface area is 108 Å². The molecular formula is C16H18N2. The van der Waals surface area contributed by atoms with Gasteiger partial charge in [-0.3, -0.25) is 4.98 Å². The van der Waals surface area contributed by atoms with Crippen molar-refractivity contribution in [3.8, 4) is 0 Å². The van der Waals surface area contributed by atoms with Crippen molar-refractivity contribution in [2.75, 3.05) is 0 Å². The molecule has 1 N–H and O–H groups in total. The Morgan fingerprint density at radius 2 is 1.83 bits per heavy atom. The molecule has 0 unspecified atom stereocenters. The van der Waals surface area contributed by atoms with Crippen LogP contribution in [-0.2, 0) is 19.4 Å². The van der Waals surface area contributed by atoms with Crippen LogP contribution in [0, 0.1) is 0 Å². The molecule has 0 fully saturated rings. The average molecular weight is 238 g/mol. The average Bonchev–Trinajstić information content (AvgIpc) is 2.46. The molecule has 0 aliphatic heterocycles.